The normalized spacial score (nSPS) is 16.0. The van der Waals surface area contributed by atoms with E-state index < -0.39 is 0 Å². The van der Waals surface area contributed by atoms with Crippen molar-refractivity contribution in [3.8, 4) is 0 Å². The Kier molecular flexibility index (Phi) is 4.92. The summed E-state index contributed by atoms with van der Waals surface area (Å²) in [6.45, 7) is 7.05. The van der Waals surface area contributed by atoms with Gasteiger partial charge in [0.15, 0.2) is 0 Å². The third-order valence-corrected chi connectivity index (χ3v) is 4.92. The first-order valence-electron chi connectivity index (χ1n) is 7.60. The molecular weight excluding hydrogens is 315 g/mol. The summed E-state index contributed by atoms with van der Waals surface area (Å²) in [5.41, 5.74) is 3.64. The number of anilines is 1. The van der Waals surface area contributed by atoms with Crippen LogP contribution in [0.1, 0.15) is 11.1 Å². The van der Waals surface area contributed by atoms with Crippen LogP contribution in [0.15, 0.2) is 42.5 Å². The van der Waals surface area contributed by atoms with Crippen molar-refractivity contribution in [3.05, 3.63) is 63.6 Å². The molecule has 0 bridgehead atoms. The highest BCUT2D eigenvalue weighted by Gasteiger charge is 2.19. The molecule has 2 aromatic rings. The number of rotatable bonds is 3. The predicted molar refractivity (Wildman–Crippen MR) is 95.1 cm³/mol. The molecule has 2 nitrogen and oxygen atoms in total. The SMILES string of the molecule is Cc1ccc(N2CCN(Cc3c(Cl)cccc3Cl)CC2)cc1. The van der Waals surface area contributed by atoms with Crippen LogP contribution in [0.3, 0.4) is 0 Å². The smallest absolute Gasteiger partial charge is 0.0465 e. The molecule has 0 unspecified atom stereocenters. The maximum atomic E-state index is 6.27. The molecule has 2 aromatic carbocycles. The van der Waals surface area contributed by atoms with E-state index in [1.165, 1.54) is 11.3 Å². The van der Waals surface area contributed by atoms with Gasteiger partial charge in [-0.15, -0.1) is 0 Å². The fraction of sp³-hybridized carbons (Fsp3) is 0.333. The summed E-state index contributed by atoms with van der Waals surface area (Å²) in [5, 5.41) is 1.52. The Morgan fingerprint density at radius 1 is 0.864 bits per heavy atom. The van der Waals surface area contributed by atoms with E-state index in [9.17, 15) is 0 Å². The number of piperazine rings is 1. The summed E-state index contributed by atoms with van der Waals surface area (Å²) in [6, 6.07) is 14.5. The van der Waals surface area contributed by atoms with Crippen molar-refractivity contribution in [3.63, 3.8) is 0 Å². The van der Waals surface area contributed by atoms with Gasteiger partial charge in [0.25, 0.3) is 0 Å². The van der Waals surface area contributed by atoms with Crippen LogP contribution in [0, 0.1) is 6.92 Å². The molecule has 1 aliphatic heterocycles. The summed E-state index contributed by atoms with van der Waals surface area (Å²) < 4.78 is 0. The summed E-state index contributed by atoms with van der Waals surface area (Å²) in [7, 11) is 0. The lowest BCUT2D eigenvalue weighted by atomic mass is 10.1. The van der Waals surface area contributed by atoms with E-state index in [-0.39, 0.29) is 0 Å². The first-order valence-corrected chi connectivity index (χ1v) is 8.36. The fourth-order valence-corrected chi connectivity index (χ4v) is 3.34. The van der Waals surface area contributed by atoms with Gasteiger partial charge in [-0.05, 0) is 31.2 Å². The summed E-state index contributed by atoms with van der Waals surface area (Å²) >= 11 is 12.5. The van der Waals surface area contributed by atoms with E-state index in [1.807, 2.05) is 18.2 Å². The summed E-state index contributed by atoms with van der Waals surface area (Å²) in [5.74, 6) is 0. The van der Waals surface area contributed by atoms with Crippen molar-refractivity contribution in [2.75, 3.05) is 31.1 Å². The minimum Gasteiger partial charge on any atom is -0.369 e. The molecule has 1 fully saturated rings. The molecule has 0 spiro atoms. The third-order valence-electron chi connectivity index (χ3n) is 4.21. The molecule has 1 aliphatic rings. The predicted octanol–water partition coefficient (Wildman–Crippen LogP) is 4.62. The number of halogens is 2. The van der Waals surface area contributed by atoms with Crippen LogP contribution in [0.4, 0.5) is 5.69 Å². The average Bonchev–Trinajstić information content (AvgIpc) is 2.53. The Labute approximate surface area is 142 Å². The molecule has 3 rings (SSSR count). The Morgan fingerprint density at radius 2 is 1.45 bits per heavy atom. The highest BCUT2D eigenvalue weighted by atomic mass is 35.5. The largest absolute Gasteiger partial charge is 0.369 e. The quantitative estimate of drug-likeness (QED) is 0.807. The van der Waals surface area contributed by atoms with E-state index in [0.29, 0.717) is 0 Å². The lowest BCUT2D eigenvalue weighted by Gasteiger charge is -2.36. The second-order valence-electron chi connectivity index (χ2n) is 5.80. The summed E-state index contributed by atoms with van der Waals surface area (Å²) in [6.07, 6.45) is 0. The van der Waals surface area contributed by atoms with Gasteiger partial charge in [-0.25, -0.2) is 0 Å². The number of hydrogen-bond acceptors (Lipinski definition) is 2. The number of hydrogen-bond donors (Lipinski definition) is 0. The fourth-order valence-electron chi connectivity index (χ4n) is 2.83. The zero-order valence-corrected chi connectivity index (χ0v) is 14.2. The minimum atomic E-state index is 0.758. The van der Waals surface area contributed by atoms with Gasteiger partial charge in [0.1, 0.15) is 0 Å². The van der Waals surface area contributed by atoms with Gasteiger partial charge in [0.2, 0.25) is 0 Å². The van der Waals surface area contributed by atoms with Gasteiger partial charge in [-0.3, -0.25) is 4.90 Å². The molecule has 4 heteroatoms. The zero-order valence-electron chi connectivity index (χ0n) is 12.7. The highest BCUT2D eigenvalue weighted by Crippen LogP contribution is 2.26. The minimum absolute atomic E-state index is 0.758. The maximum Gasteiger partial charge on any atom is 0.0465 e. The van der Waals surface area contributed by atoms with Crippen LogP contribution < -0.4 is 4.90 Å². The Bertz CT molecular complexity index is 612. The Hall–Kier alpha value is -1.22. The monoisotopic (exact) mass is 334 g/mol. The van der Waals surface area contributed by atoms with Crippen molar-refractivity contribution in [1.82, 2.24) is 4.90 Å². The van der Waals surface area contributed by atoms with Crippen LogP contribution in [0.2, 0.25) is 10.0 Å². The Morgan fingerprint density at radius 3 is 2.05 bits per heavy atom. The molecule has 116 valence electrons. The van der Waals surface area contributed by atoms with Crippen LogP contribution in [-0.4, -0.2) is 31.1 Å². The van der Waals surface area contributed by atoms with Crippen LogP contribution in [0.25, 0.3) is 0 Å². The van der Waals surface area contributed by atoms with E-state index in [4.69, 9.17) is 23.2 Å². The molecule has 0 atom stereocenters. The van der Waals surface area contributed by atoms with Crippen molar-refractivity contribution < 1.29 is 0 Å². The molecular formula is C18H20Cl2N2. The van der Waals surface area contributed by atoms with Gasteiger partial charge in [0, 0.05) is 54.0 Å². The highest BCUT2D eigenvalue weighted by molar-refractivity contribution is 6.35. The molecule has 1 heterocycles. The van der Waals surface area contributed by atoms with Crippen molar-refractivity contribution >= 4 is 28.9 Å². The molecule has 0 radical (unpaired) electrons. The van der Waals surface area contributed by atoms with Gasteiger partial charge in [-0.1, -0.05) is 47.0 Å². The second-order valence-corrected chi connectivity index (χ2v) is 6.61. The Balaban J connectivity index is 1.61. The van der Waals surface area contributed by atoms with E-state index in [1.54, 1.807) is 0 Å². The first kappa shape index (κ1) is 15.7. The molecule has 22 heavy (non-hydrogen) atoms. The molecule has 0 aromatic heterocycles. The lowest BCUT2D eigenvalue weighted by molar-refractivity contribution is 0.250. The zero-order chi connectivity index (χ0) is 15.5. The van der Waals surface area contributed by atoms with E-state index in [2.05, 4.69) is 41.0 Å². The maximum absolute atomic E-state index is 6.27. The molecule has 0 aliphatic carbocycles. The molecule has 0 saturated carbocycles. The van der Waals surface area contributed by atoms with Crippen molar-refractivity contribution in [2.24, 2.45) is 0 Å². The second kappa shape index (κ2) is 6.91. The number of nitrogens with zero attached hydrogens (tertiary/aromatic N) is 2. The molecule has 0 N–H and O–H groups in total. The van der Waals surface area contributed by atoms with Crippen LogP contribution >= 0.6 is 23.2 Å². The number of aryl methyl sites for hydroxylation is 1. The summed E-state index contributed by atoms with van der Waals surface area (Å²) in [4.78, 5) is 4.85. The topological polar surface area (TPSA) is 6.48 Å². The third kappa shape index (κ3) is 3.57. The van der Waals surface area contributed by atoms with E-state index in [0.717, 1.165) is 48.3 Å². The molecule has 1 saturated heterocycles. The van der Waals surface area contributed by atoms with Gasteiger partial charge in [-0.2, -0.15) is 0 Å². The van der Waals surface area contributed by atoms with Gasteiger partial charge in [0.05, 0.1) is 0 Å². The van der Waals surface area contributed by atoms with Crippen LogP contribution in [-0.2, 0) is 6.54 Å². The first-order chi connectivity index (χ1) is 10.6. The van der Waals surface area contributed by atoms with E-state index >= 15 is 0 Å². The van der Waals surface area contributed by atoms with Gasteiger partial charge >= 0.3 is 0 Å². The van der Waals surface area contributed by atoms with Crippen molar-refractivity contribution in [1.29, 1.82) is 0 Å². The van der Waals surface area contributed by atoms with Crippen molar-refractivity contribution in [2.45, 2.75) is 13.5 Å². The number of benzene rings is 2. The van der Waals surface area contributed by atoms with Crippen LogP contribution in [0.5, 0.6) is 0 Å². The lowest BCUT2D eigenvalue weighted by Crippen LogP contribution is -2.46. The standard InChI is InChI=1S/C18H20Cl2N2/c1-14-5-7-15(8-6-14)22-11-9-21(10-12-22)13-16-17(19)3-2-4-18(16)20/h2-8H,9-13H2,1H3. The average molecular weight is 335 g/mol. The van der Waals surface area contributed by atoms with Gasteiger partial charge < -0.3 is 4.90 Å². The molecule has 0 amide bonds.